The second-order valence-electron chi connectivity index (χ2n) is 4.11. The van der Waals surface area contributed by atoms with Gasteiger partial charge in [0.15, 0.2) is 0 Å². The molecule has 2 aromatic rings. The standard InChI is InChI=1S/C14H15ClN2OS/c15-8-2-1-3-13(18)17-12-6-4-11(5-7-12)14-16-9-10-19-14/h4-7,9-10H,1-3,8H2,(H,17,18). The Morgan fingerprint density at radius 3 is 2.68 bits per heavy atom. The van der Waals surface area contributed by atoms with Crippen LogP contribution in [0.3, 0.4) is 0 Å². The fourth-order valence-corrected chi connectivity index (χ4v) is 2.50. The number of nitrogens with zero attached hydrogens (tertiary/aromatic N) is 1. The minimum absolute atomic E-state index is 0.0344. The number of unbranched alkanes of at least 4 members (excludes halogenated alkanes) is 1. The molecule has 0 saturated heterocycles. The van der Waals surface area contributed by atoms with E-state index in [-0.39, 0.29) is 5.91 Å². The summed E-state index contributed by atoms with van der Waals surface area (Å²) in [5.74, 6) is 0.641. The molecule has 0 aliphatic carbocycles. The summed E-state index contributed by atoms with van der Waals surface area (Å²) >= 11 is 7.17. The van der Waals surface area contributed by atoms with Gasteiger partial charge in [-0.05, 0) is 37.1 Å². The predicted octanol–water partition coefficient (Wildman–Crippen LogP) is 4.16. The molecule has 1 N–H and O–H groups in total. The Kier molecular flexibility index (Phi) is 5.36. The van der Waals surface area contributed by atoms with Crippen LogP contribution in [0, 0.1) is 0 Å². The maximum absolute atomic E-state index is 11.6. The van der Waals surface area contributed by atoms with E-state index in [1.165, 1.54) is 0 Å². The zero-order valence-corrected chi connectivity index (χ0v) is 12.0. The zero-order valence-electron chi connectivity index (χ0n) is 10.4. The SMILES string of the molecule is O=C(CCCCCl)Nc1ccc(-c2nccs2)cc1. The number of benzene rings is 1. The summed E-state index contributed by atoms with van der Waals surface area (Å²) in [5.41, 5.74) is 1.88. The number of aromatic nitrogens is 1. The molecule has 1 aromatic heterocycles. The van der Waals surface area contributed by atoms with Gasteiger partial charge >= 0.3 is 0 Å². The van der Waals surface area contributed by atoms with E-state index >= 15 is 0 Å². The first-order chi connectivity index (χ1) is 9.29. The fraction of sp³-hybridized carbons (Fsp3) is 0.286. The highest BCUT2D eigenvalue weighted by atomic mass is 35.5. The minimum atomic E-state index is 0.0344. The topological polar surface area (TPSA) is 42.0 Å². The van der Waals surface area contributed by atoms with E-state index in [1.54, 1.807) is 17.5 Å². The number of alkyl halides is 1. The highest BCUT2D eigenvalue weighted by Gasteiger charge is 2.03. The lowest BCUT2D eigenvalue weighted by Crippen LogP contribution is -2.10. The molecule has 0 unspecified atom stereocenters. The van der Waals surface area contributed by atoms with E-state index in [9.17, 15) is 4.79 Å². The van der Waals surface area contributed by atoms with Crippen molar-refractivity contribution < 1.29 is 4.79 Å². The molecule has 1 heterocycles. The van der Waals surface area contributed by atoms with Gasteiger partial charge in [-0.25, -0.2) is 4.98 Å². The number of hydrogen-bond donors (Lipinski definition) is 1. The van der Waals surface area contributed by atoms with Crippen molar-refractivity contribution in [2.24, 2.45) is 0 Å². The molecule has 100 valence electrons. The number of thiazole rings is 1. The maximum atomic E-state index is 11.6. The van der Waals surface area contributed by atoms with E-state index < -0.39 is 0 Å². The average molecular weight is 295 g/mol. The molecule has 0 saturated carbocycles. The number of halogens is 1. The Morgan fingerprint density at radius 2 is 2.05 bits per heavy atom. The predicted molar refractivity (Wildman–Crippen MR) is 80.8 cm³/mol. The van der Waals surface area contributed by atoms with E-state index in [1.807, 2.05) is 29.6 Å². The number of carbonyl (C=O) groups is 1. The number of hydrogen-bond acceptors (Lipinski definition) is 3. The van der Waals surface area contributed by atoms with Crippen molar-refractivity contribution >= 4 is 34.5 Å². The molecule has 2 rings (SSSR count). The summed E-state index contributed by atoms with van der Waals surface area (Å²) < 4.78 is 0. The van der Waals surface area contributed by atoms with Gasteiger partial charge in [0, 0.05) is 35.1 Å². The van der Waals surface area contributed by atoms with Gasteiger partial charge in [0.25, 0.3) is 0 Å². The first-order valence-corrected chi connectivity index (χ1v) is 7.57. The van der Waals surface area contributed by atoms with Crippen molar-refractivity contribution in [2.75, 3.05) is 11.2 Å². The minimum Gasteiger partial charge on any atom is -0.326 e. The molecular formula is C14H15ClN2OS. The van der Waals surface area contributed by atoms with Crippen molar-refractivity contribution in [3.8, 4) is 10.6 Å². The third-order valence-corrected chi connectivity index (χ3v) is 3.72. The van der Waals surface area contributed by atoms with Crippen molar-refractivity contribution in [1.82, 2.24) is 4.98 Å². The largest absolute Gasteiger partial charge is 0.326 e. The van der Waals surface area contributed by atoms with Crippen LogP contribution < -0.4 is 5.32 Å². The summed E-state index contributed by atoms with van der Waals surface area (Å²) in [6, 6.07) is 7.73. The summed E-state index contributed by atoms with van der Waals surface area (Å²) in [5, 5.41) is 5.81. The van der Waals surface area contributed by atoms with Gasteiger partial charge in [-0.2, -0.15) is 0 Å². The molecule has 0 spiro atoms. The second-order valence-corrected chi connectivity index (χ2v) is 5.38. The first-order valence-electron chi connectivity index (χ1n) is 6.15. The molecule has 0 atom stereocenters. The Balaban J connectivity index is 1.90. The van der Waals surface area contributed by atoms with Crippen molar-refractivity contribution in [2.45, 2.75) is 19.3 Å². The highest BCUT2D eigenvalue weighted by molar-refractivity contribution is 7.13. The zero-order chi connectivity index (χ0) is 13.5. The molecule has 1 amide bonds. The smallest absolute Gasteiger partial charge is 0.224 e. The molecule has 5 heteroatoms. The number of carbonyl (C=O) groups excluding carboxylic acids is 1. The van der Waals surface area contributed by atoms with Gasteiger partial charge in [0.1, 0.15) is 5.01 Å². The molecule has 1 aromatic carbocycles. The molecule has 0 aliphatic heterocycles. The Labute approximate surface area is 121 Å². The normalized spacial score (nSPS) is 10.4. The third-order valence-electron chi connectivity index (χ3n) is 2.64. The van der Waals surface area contributed by atoms with Gasteiger partial charge < -0.3 is 5.32 Å². The molecule has 19 heavy (non-hydrogen) atoms. The lowest BCUT2D eigenvalue weighted by atomic mass is 10.2. The Hall–Kier alpha value is -1.39. The Bertz CT molecular complexity index is 511. The first kappa shape index (κ1) is 14.0. The lowest BCUT2D eigenvalue weighted by molar-refractivity contribution is -0.116. The number of amides is 1. The summed E-state index contributed by atoms with van der Waals surface area (Å²) in [6.07, 6.45) is 4.00. The van der Waals surface area contributed by atoms with Crippen LogP contribution in [0.1, 0.15) is 19.3 Å². The van der Waals surface area contributed by atoms with Crippen LogP contribution in [-0.2, 0) is 4.79 Å². The third kappa shape index (κ3) is 4.33. The van der Waals surface area contributed by atoms with Crippen LogP contribution in [-0.4, -0.2) is 16.8 Å². The van der Waals surface area contributed by atoms with Crippen molar-refractivity contribution in [3.05, 3.63) is 35.8 Å². The maximum Gasteiger partial charge on any atom is 0.224 e. The van der Waals surface area contributed by atoms with Gasteiger partial charge in [-0.3, -0.25) is 4.79 Å². The van der Waals surface area contributed by atoms with Crippen LogP contribution in [0.25, 0.3) is 10.6 Å². The lowest BCUT2D eigenvalue weighted by Gasteiger charge is -2.05. The molecule has 0 radical (unpaired) electrons. The number of anilines is 1. The number of rotatable bonds is 6. The summed E-state index contributed by atoms with van der Waals surface area (Å²) in [4.78, 5) is 15.9. The number of nitrogens with one attached hydrogen (secondary N) is 1. The van der Waals surface area contributed by atoms with E-state index in [2.05, 4.69) is 10.3 Å². The van der Waals surface area contributed by atoms with Gasteiger partial charge in [-0.15, -0.1) is 22.9 Å². The monoisotopic (exact) mass is 294 g/mol. The van der Waals surface area contributed by atoms with E-state index in [4.69, 9.17) is 11.6 Å². The van der Waals surface area contributed by atoms with Gasteiger partial charge in [-0.1, -0.05) is 0 Å². The second kappa shape index (κ2) is 7.26. The average Bonchev–Trinajstić information content (AvgIpc) is 2.94. The van der Waals surface area contributed by atoms with Crippen LogP contribution in [0.15, 0.2) is 35.8 Å². The molecule has 3 nitrogen and oxygen atoms in total. The van der Waals surface area contributed by atoms with Crippen molar-refractivity contribution in [3.63, 3.8) is 0 Å². The van der Waals surface area contributed by atoms with E-state index in [0.29, 0.717) is 12.3 Å². The molecule has 0 bridgehead atoms. The molecular weight excluding hydrogens is 280 g/mol. The van der Waals surface area contributed by atoms with Crippen LogP contribution >= 0.6 is 22.9 Å². The van der Waals surface area contributed by atoms with Gasteiger partial charge in [0.05, 0.1) is 0 Å². The van der Waals surface area contributed by atoms with Crippen LogP contribution in [0.5, 0.6) is 0 Å². The van der Waals surface area contributed by atoms with E-state index in [0.717, 1.165) is 29.1 Å². The fourth-order valence-electron chi connectivity index (χ4n) is 1.67. The van der Waals surface area contributed by atoms with Crippen LogP contribution in [0.4, 0.5) is 5.69 Å². The summed E-state index contributed by atoms with van der Waals surface area (Å²) in [6.45, 7) is 0. The highest BCUT2D eigenvalue weighted by Crippen LogP contribution is 2.23. The Morgan fingerprint density at radius 1 is 1.26 bits per heavy atom. The quantitative estimate of drug-likeness (QED) is 0.642. The van der Waals surface area contributed by atoms with Crippen molar-refractivity contribution in [1.29, 1.82) is 0 Å². The van der Waals surface area contributed by atoms with Gasteiger partial charge in [0.2, 0.25) is 5.91 Å². The molecule has 0 fully saturated rings. The molecule has 0 aliphatic rings. The van der Waals surface area contributed by atoms with Crippen LogP contribution in [0.2, 0.25) is 0 Å². The summed E-state index contributed by atoms with van der Waals surface area (Å²) in [7, 11) is 0.